The minimum Gasteiger partial charge on any atom is -0.492 e. The van der Waals surface area contributed by atoms with Crippen molar-refractivity contribution >= 4 is 37.3 Å². The molecule has 2 aromatic carbocycles. The van der Waals surface area contributed by atoms with Crippen molar-refractivity contribution in [1.82, 2.24) is 0 Å². The Kier molecular flexibility index (Phi) is 7.63. The van der Waals surface area contributed by atoms with Gasteiger partial charge in [-0.3, -0.25) is 0 Å². The number of rotatable bonds is 10. The van der Waals surface area contributed by atoms with Crippen molar-refractivity contribution < 1.29 is 27.4 Å². The number of sulfonamides is 1. The molecule has 0 saturated carbocycles. The molecule has 1 atom stereocenters. The lowest BCUT2D eigenvalue weighted by atomic mass is 9.90. The van der Waals surface area contributed by atoms with Gasteiger partial charge in [-0.15, -0.1) is 17.9 Å². The monoisotopic (exact) mass is 565 g/mol. The van der Waals surface area contributed by atoms with Gasteiger partial charge in [0.05, 0.1) is 40.3 Å². The highest BCUT2D eigenvalue weighted by Crippen LogP contribution is 2.53. The minimum absolute atomic E-state index is 0.265. The van der Waals surface area contributed by atoms with Crippen molar-refractivity contribution in [3.05, 3.63) is 74.9 Å². The van der Waals surface area contributed by atoms with E-state index in [4.69, 9.17) is 24.1 Å². The summed E-state index contributed by atoms with van der Waals surface area (Å²) in [5.41, 5.74) is 3.03. The van der Waals surface area contributed by atoms with Crippen LogP contribution in [0.5, 0.6) is 17.2 Å². The third kappa shape index (κ3) is 5.47. The van der Waals surface area contributed by atoms with Gasteiger partial charge in [0.2, 0.25) is 10.0 Å². The highest BCUT2D eigenvalue weighted by Gasteiger charge is 2.32. The molecule has 0 spiro atoms. The van der Waals surface area contributed by atoms with Gasteiger partial charge in [0, 0.05) is 5.56 Å². The minimum atomic E-state index is -3.69. The van der Waals surface area contributed by atoms with E-state index < -0.39 is 16.1 Å². The summed E-state index contributed by atoms with van der Waals surface area (Å²) >= 11 is 5.07. The predicted molar refractivity (Wildman–Crippen MR) is 136 cm³/mol. The fourth-order valence-corrected chi connectivity index (χ4v) is 5.96. The zero-order valence-electron chi connectivity index (χ0n) is 18.5. The number of halogens is 1. The van der Waals surface area contributed by atoms with E-state index >= 15 is 0 Å². The lowest BCUT2D eigenvalue weighted by Crippen LogP contribution is -2.18. The predicted octanol–water partition coefficient (Wildman–Crippen LogP) is 5.04. The third-order valence-electron chi connectivity index (χ3n) is 5.14. The van der Waals surface area contributed by atoms with Crippen molar-refractivity contribution in [2.24, 2.45) is 5.14 Å². The lowest BCUT2D eigenvalue weighted by Gasteiger charge is -2.30. The molecule has 0 amide bonds. The van der Waals surface area contributed by atoms with Crippen molar-refractivity contribution in [2.75, 3.05) is 26.9 Å². The molecule has 0 saturated heterocycles. The zero-order chi connectivity index (χ0) is 24.3. The van der Waals surface area contributed by atoms with Crippen LogP contribution < -0.4 is 19.3 Å². The molecule has 34 heavy (non-hydrogen) atoms. The Labute approximate surface area is 211 Å². The van der Waals surface area contributed by atoms with Crippen molar-refractivity contribution in [2.45, 2.75) is 11.9 Å². The average Bonchev–Trinajstić information content (AvgIpc) is 3.23. The number of benzene rings is 2. The molecular weight excluding hydrogens is 542 g/mol. The van der Waals surface area contributed by atoms with Crippen molar-refractivity contribution in [3.8, 4) is 28.4 Å². The number of methoxy groups -OCH3 is 1. The summed E-state index contributed by atoms with van der Waals surface area (Å²) < 4.78 is 47.9. The number of hydrogen-bond donors (Lipinski definition) is 1. The maximum absolute atomic E-state index is 11.7. The van der Waals surface area contributed by atoms with Crippen LogP contribution in [0.1, 0.15) is 22.1 Å². The Morgan fingerprint density at radius 2 is 2.03 bits per heavy atom. The van der Waals surface area contributed by atoms with Crippen molar-refractivity contribution in [1.29, 1.82) is 0 Å². The number of hydrogen-bond acceptors (Lipinski definition) is 7. The number of fused-ring (bicyclic) bond motifs is 3. The van der Waals surface area contributed by atoms with Crippen LogP contribution in [-0.4, -0.2) is 35.3 Å². The second kappa shape index (κ2) is 10.5. The standard InChI is InChI=1S/C24H24BrNO6S2/c1-3-10-30-11-12-31-19-7-6-18-22(24(19)29-2)16-5-4-15(14-34(26,27)28)13-17(16)23(32-18)20-8-9-21(25)33-20/h3-9,13,23H,1,10-12,14H2,2H3,(H2,26,27,28). The van der Waals surface area contributed by atoms with Crippen LogP contribution in [0, 0.1) is 0 Å². The maximum Gasteiger partial charge on any atom is 0.213 e. The molecular formula is C24H24BrNO6S2. The van der Waals surface area contributed by atoms with E-state index in [2.05, 4.69) is 22.5 Å². The third-order valence-corrected chi connectivity index (χ3v) is 7.54. The fraction of sp³-hybridized carbons (Fsp3) is 0.250. The largest absolute Gasteiger partial charge is 0.492 e. The molecule has 1 aliphatic heterocycles. The number of thiophene rings is 1. The zero-order valence-corrected chi connectivity index (χ0v) is 21.7. The Balaban J connectivity index is 1.78. The van der Waals surface area contributed by atoms with Gasteiger partial charge in [0.15, 0.2) is 17.6 Å². The Morgan fingerprint density at radius 1 is 1.21 bits per heavy atom. The van der Waals surface area contributed by atoms with Gasteiger partial charge >= 0.3 is 0 Å². The summed E-state index contributed by atoms with van der Waals surface area (Å²) in [6.45, 7) is 4.83. The van der Waals surface area contributed by atoms with Crippen LogP contribution in [0.2, 0.25) is 0 Å². The Bertz CT molecular complexity index is 1300. The average molecular weight is 566 g/mol. The van der Waals surface area contributed by atoms with Crippen LogP contribution in [0.15, 0.2) is 58.9 Å². The summed E-state index contributed by atoms with van der Waals surface area (Å²) in [6, 6.07) is 13.1. The second-order valence-electron chi connectivity index (χ2n) is 7.55. The van der Waals surface area contributed by atoms with Gasteiger partial charge in [0.1, 0.15) is 12.4 Å². The Hall–Kier alpha value is -2.37. The smallest absolute Gasteiger partial charge is 0.213 e. The van der Waals surface area contributed by atoms with E-state index in [9.17, 15) is 8.42 Å². The van der Waals surface area contributed by atoms with E-state index in [-0.39, 0.29) is 5.75 Å². The van der Waals surface area contributed by atoms with Gasteiger partial charge in [0.25, 0.3) is 0 Å². The summed E-state index contributed by atoms with van der Waals surface area (Å²) in [6.07, 6.45) is 1.27. The molecule has 0 radical (unpaired) electrons. The molecule has 2 N–H and O–H groups in total. The molecule has 1 aliphatic rings. The maximum atomic E-state index is 11.7. The number of primary sulfonamides is 1. The summed E-state index contributed by atoms with van der Waals surface area (Å²) in [7, 11) is -2.11. The highest BCUT2D eigenvalue weighted by molar-refractivity contribution is 9.11. The van der Waals surface area contributed by atoms with Crippen molar-refractivity contribution in [3.63, 3.8) is 0 Å². The normalized spacial score (nSPS) is 14.6. The van der Waals surface area contributed by atoms with Gasteiger partial charge in [-0.25, -0.2) is 13.6 Å². The SMILES string of the molecule is C=CCOCCOc1ccc2c(c1OC)-c1ccc(CS(N)(=O)=O)cc1C(c1ccc(Br)s1)O2. The first-order chi connectivity index (χ1) is 16.3. The van der Waals surface area contributed by atoms with E-state index in [0.717, 1.165) is 25.4 Å². The first kappa shape index (κ1) is 24.7. The molecule has 1 unspecified atom stereocenters. The molecule has 180 valence electrons. The van der Waals surface area contributed by atoms with Gasteiger partial charge < -0.3 is 18.9 Å². The molecule has 4 rings (SSSR count). The van der Waals surface area contributed by atoms with Crippen LogP contribution in [0.25, 0.3) is 11.1 Å². The molecule has 1 aromatic heterocycles. The number of ether oxygens (including phenoxy) is 4. The first-order valence-electron chi connectivity index (χ1n) is 10.4. The van der Waals surface area contributed by atoms with Crippen LogP contribution in [0.4, 0.5) is 0 Å². The second-order valence-corrected chi connectivity index (χ2v) is 11.7. The summed E-state index contributed by atoms with van der Waals surface area (Å²) in [5, 5.41) is 5.30. The molecule has 7 nitrogen and oxygen atoms in total. The summed E-state index contributed by atoms with van der Waals surface area (Å²) in [5.74, 6) is 1.48. The quantitative estimate of drug-likeness (QED) is 0.273. The van der Waals surface area contributed by atoms with Crippen LogP contribution in [-0.2, 0) is 20.5 Å². The van der Waals surface area contributed by atoms with E-state index in [1.165, 1.54) is 0 Å². The molecule has 0 fully saturated rings. The molecule has 2 heterocycles. The van der Waals surface area contributed by atoms with Gasteiger partial charge in [-0.2, -0.15) is 0 Å². The topological polar surface area (TPSA) is 97.1 Å². The van der Waals surface area contributed by atoms with E-state index in [1.807, 2.05) is 36.4 Å². The lowest BCUT2D eigenvalue weighted by molar-refractivity contribution is 0.119. The van der Waals surface area contributed by atoms with Crippen LogP contribution in [0.3, 0.4) is 0 Å². The fourth-order valence-electron chi connectivity index (χ4n) is 3.84. The Morgan fingerprint density at radius 3 is 2.71 bits per heavy atom. The summed E-state index contributed by atoms with van der Waals surface area (Å²) in [4.78, 5) is 0.977. The first-order valence-corrected chi connectivity index (χ1v) is 13.7. The van der Waals surface area contributed by atoms with Gasteiger partial charge in [-0.05, 0) is 51.3 Å². The van der Waals surface area contributed by atoms with E-state index in [0.29, 0.717) is 42.6 Å². The molecule has 3 aromatic rings. The van der Waals surface area contributed by atoms with E-state index in [1.54, 1.807) is 30.6 Å². The van der Waals surface area contributed by atoms with Gasteiger partial charge in [-0.1, -0.05) is 24.3 Å². The highest BCUT2D eigenvalue weighted by atomic mass is 79.9. The van der Waals surface area contributed by atoms with Crippen LogP contribution >= 0.6 is 27.3 Å². The molecule has 0 bridgehead atoms. The molecule has 0 aliphatic carbocycles. The number of nitrogens with two attached hydrogens (primary N) is 1. The molecule has 10 heteroatoms.